The van der Waals surface area contributed by atoms with Crippen molar-refractivity contribution in [2.24, 2.45) is 5.73 Å². The van der Waals surface area contributed by atoms with E-state index in [2.05, 4.69) is 15.6 Å². The molecule has 1 amide bonds. The molecule has 34 heavy (non-hydrogen) atoms. The lowest BCUT2D eigenvalue weighted by atomic mass is 10.0. The number of carbonyl (C=O) groups excluding carboxylic acids is 1. The fourth-order valence-electron chi connectivity index (χ4n) is 4.21. The number of hydrogen-bond donors (Lipinski definition) is 3. The molecule has 1 aliphatic carbocycles. The van der Waals surface area contributed by atoms with Gasteiger partial charge in [0.15, 0.2) is 0 Å². The van der Waals surface area contributed by atoms with Crippen LogP contribution >= 0.6 is 0 Å². The Balaban J connectivity index is 1.43. The number of aromatic nitrogens is 1. The lowest BCUT2D eigenvalue weighted by molar-refractivity contribution is -0.117. The highest BCUT2D eigenvalue weighted by Crippen LogP contribution is 2.33. The Kier molecular flexibility index (Phi) is 7.56. The summed E-state index contributed by atoms with van der Waals surface area (Å²) in [6.45, 7) is 1.46. The van der Waals surface area contributed by atoms with E-state index in [9.17, 15) is 22.0 Å². The zero-order valence-electron chi connectivity index (χ0n) is 18.7. The second-order valence-corrected chi connectivity index (χ2v) is 11.0. The number of nitrogens with zero attached hydrogens (tertiary/aromatic N) is 2. The molecule has 2 aromatic rings. The van der Waals surface area contributed by atoms with Gasteiger partial charge in [0, 0.05) is 31.2 Å². The van der Waals surface area contributed by atoms with Gasteiger partial charge in [-0.2, -0.15) is 4.31 Å². The average Bonchev–Trinajstić information content (AvgIpc) is 3.66. The van der Waals surface area contributed by atoms with Crippen LogP contribution in [0.5, 0.6) is 0 Å². The molecule has 1 aliphatic heterocycles. The van der Waals surface area contributed by atoms with Crippen LogP contribution in [0.2, 0.25) is 0 Å². The highest BCUT2D eigenvalue weighted by atomic mass is 32.2. The third-order valence-electron chi connectivity index (χ3n) is 6.26. The first-order chi connectivity index (χ1) is 16.3. The van der Waals surface area contributed by atoms with Gasteiger partial charge >= 0.3 is 0 Å². The third kappa shape index (κ3) is 5.77. The van der Waals surface area contributed by atoms with Gasteiger partial charge in [0.1, 0.15) is 11.6 Å². The Morgan fingerprint density at radius 2 is 1.97 bits per heavy atom. The van der Waals surface area contributed by atoms with Crippen LogP contribution in [0.3, 0.4) is 0 Å². The number of anilines is 1. The van der Waals surface area contributed by atoms with Crippen LogP contribution in [0, 0.1) is 11.6 Å². The molecule has 0 spiro atoms. The van der Waals surface area contributed by atoms with Gasteiger partial charge < -0.3 is 16.4 Å². The molecule has 2 fully saturated rings. The lowest BCUT2D eigenvalue weighted by Crippen LogP contribution is -2.54. The van der Waals surface area contributed by atoms with Gasteiger partial charge in [0.25, 0.3) is 0 Å². The van der Waals surface area contributed by atoms with Gasteiger partial charge in [-0.3, -0.25) is 9.78 Å². The van der Waals surface area contributed by atoms with Crippen LogP contribution in [0.1, 0.15) is 30.4 Å². The molecule has 0 radical (unpaired) electrons. The number of pyridine rings is 1. The van der Waals surface area contributed by atoms with E-state index >= 15 is 0 Å². The SMILES string of the molecule is N[C@@H](Cc1ccc(F)cc1)C(=O)Nc1cncc(F)c1CC[C@H]1CNCCN1S(=O)(=O)C1CC1. The van der Waals surface area contributed by atoms with E-state index in [1.54, 1.807) is 16.4 Å². The number of halogens is 2. The Bertz CT molecular complexity index is 1130. The molecule has 2 atom stereocenters. The Hall–Kier alpha value is -2.47. The van der Waals surface area contributed by atoms with Crippen LogP contribution in [0.15, 0.2) is 36.7 Å². The quantitative estimate of drug-likeness (QED) is 0.488. The van der Waals surface area contributed by atoms with Crippen molar-refractivity contribution < 1.29 is 22.0 Å². The van der Waals surface area contributed by atoms with E-state index in [1.807, 2.05) is 0 Å². The zero-order chi connectivity index (χ0) is 24.3. The normalized spacial score (nSPS) is 20.1. The molecule has 8 nitrogen and oxygen atoms in total. The van der Waals surface area contributed by atoms with Crippen LogP contribution in [-0.2, 0) is 27.7 Å². The first kappa shape index (κ1) is 24.6. The Morgan fingerprint density at radius 3 is 2.68 bits per heavy atom. The van der Waals surface area contributed by atoms with Crippen molar-refractivity contribution in [1.82, 2.24) is 14.6 Å². The van der Waals surface area contributed by atoms with Crippen molar-refractivity contribution in [2.45, 2.75) is 49.4 Å². The number of carbonyl (C=O) groups is 1. The van der Waals surface area contributed by atoms with Crippen LogP contribution < -0.4 is 16.4 Å². The fraction of sp³-hybridized carbons (Fsp3) is 0.478. The van der Waals surface area contributed by atoms with Crippen molar-refractivity contribution in [3.63, 3.8) is 0 Å². The maximum absolute atomic E-state index is 14.7. The summed E-state index contributed by atoms with van der Waals surface area (Å²) in [5.74, 6) is -1.48. The van der Waals surface area contributed by atoms with Crippen molar-refractivity contribution in [2.75, 3.05) is 25.0 Å². The van der Waals surface area contributed by atoms with Crippen LogP contribution in [0.4, 0.5) is 14.5 Å². The third-order valence-corrected chi connectivity index (χ3v) is 8.71. The molecule has 4 rings (SSSR count). The minimum Gasteiger partial charge on any atom is -0.323 e. The number of benzene rings is 1. The lowest BCUT2D eigenvalue weighted by Gasteiger charge is -2.35. The van der Waals surface area contributed by atoms with Gasteiger partial charge in [-0.05, 0) is 49.8 Å². The number of nitrogens with one attached hydrogen (secondary N) is 2. The molecule has 1 aromatic heterocycles. The van der Waals surface area contributed by atoms with E-state index in [1.165, 1.54) is 18.3 Å². The molecular formula is C23H29F2N5O3S. The van der Waals surface area contributed by atoms with Gasteiger partial charge in [0.05, 0.1) is 29.4 Å². The number of piperazine rings is 1. The number of hydrogen-bond acceptors (Lipinski definition) is 6. The smallest absolute Gasteiger partial charge is 0.241 e. The van der Waals surface area contributed by atoms with E-state index in [0.29, 0.717) is 44.5 Å². The van der Waals surface area contributed by atoms with Crippen molar-refractivity contribution in [3.8, 4) is 0 Å². The number of sulfonamides is 1. The van der Waals surface area contributed by atoms with Crippen molar-refractivity contribution in [1.29, 1.82) is 0 Å². The standard InChI is InChI=1S/C23H29F2N5O3S/c24-16-3-1-15(2-4-16)11-21(26)23(31)29-22-14-28-13-20(25)19(22)8-5-17-12-27-9-10-30(17)34(32,33)18-6-7-18/h1-4,13-14,17-18,21,27H,5-12,26H2,(H,29,31)/t17-,21-/m0/s1. The molecule has 1 aromatic carbocycles. The van der Waals surface area contributed by atoms with E-state index in [4.69, 9.17) is 5.73 Å². The molecule has 1 saturated heterocycles. The Morgan fingerprint density at radius 1 is 1.24 bits per heavy atom. The first-order valence-corrected chi connectivity index (χ1v) is 12.9. The van der Waals surface area contributed by atoms with E-state index in [-0.39, 0.29) is 41.2 Å². The van der Waals surface area contributed by atoms with Crippen LogP contribution in [0.25, 0.3) is 0 Å². The molecule has 0 bridgehead atoms. The average molecular weight is 494 g/mol. The maximum atomic E-state index is 14.7. The minimum absolute atomic E-state index is 0.186. The summed E-state index contributed by atoms with van der Waals surface area (Å²) < 4.78 is 55.0. The molecular weight excluding hydrogens is 464 g/mol. The largest absolute Gasteiger partial charge is 0.323 e. The van der Waals surface area contributed by atoms with Gasteiger partial charge in [0.2, 0.25) is 15.9 Å². The summed E-state index contributed by atoms with van der Waals surface area (Å²) in [4.78, 5) is 16.5. The predicted octanol–water partition coefficient (Wildman–Crippen LogP) is 1.57. The molecule has 2 aliphatic rings. The van der Waals surface area contributed by atoms with E-state index < -0.39 is 27.8 Å². The molecule has 0 unspecified atom stereocenters. The maximum Gasteiger partial charge on any atom is 0.241 e. The minimum atomic E-state index is -3.35. The predicted molar refractivity (Wildman–Crippen MR) is 125 cm³/mol. The summed E-state index contributed by atoms with van der Waals surface area (Å²) >= 11 is 0. The van der Waals surface area contributed by atoms with Gasteiger partial charge in [-0.25, -0.2) is 17.2 Å². The van der Waals surface area contributed by atoms with Crippen LogP contribution in [-0.4, -0.2) is 60.6 Å². The summed E-state index contributed by atoms with van der Waals surface area (Å²) in [5.41, 5.74) is 7.17. The van der Waals surface area contributed by atoms with E-state index in [0.717, 1.165) is 6.20 Å². The summed E-state index contributed by atoms with van der Waals surface area (Å²) in [7, 11) is -3.35. The number of nitrogens with two attached hydrogens (primary N) is 1. The summed E-state index contributed by atoms with van der Waals surface area (Å²) in [6, 6.07) is 4.47. The molecule has 184 valence electrons. The molecule has 2 heterocycles. The molecule has 1 saturated carbocycles. The Labute approximate surface area is 198 Å². The topological polar surface area (TPSA) is 117 Å². The number of rotatable bonds is 9. The highest BCUT2D eigenvalue weighted by molar-refractivity contribution is 7.90. The second kappa shape index (κ2) is 10.4. The fourth-order valence-corrected chi connectivity index (χ4v) is 6.26. The first-order valence-electron chi connectivity index (χ1n) is 11.4. The summed E-state index contributed by atoms with van der Waals surface area (Å²) in [5, 5.41) is 5.56. The highest BCUT2D eigenvalue weighted by Gasteiger charge is 2.43. The van der Waals surface area contributed by atoms with Crippen molar-refractivity contribution >= 4 is 21.6 Å². The van der Waals surface area contributed by atoms with Gasteiger partial charge in [-0.15, -0.1) is 0 Å². The monoisotopic (exact) mass is 493 g/mol. The zero-order valence-corrected chi connectivity index (χ0v) is 19.5. The number of amides is 1. The second-order valence-electron chi connectivity index (χ2n) is 8.83. The van der Waals surface area contributed by atoms with Crippen molar-refractivity contribution in [3.05, 3.63) is 59.4 Å². The molecule has 4 N–H and O–H groups in total. The van der Waals surface area contributed by atoms with Gasteiger partial charge in [-0.1, -0.05) is 12.1 Å². The summed E-state index contributed by atoms with van der Waals surface area (Å²) in [6.07, 6.45) is 4.61. The molecule has 11 heteroatoms.